The highest BCUT2D eigenvalue weighted by Crippen LogP contribution is 2.22. The monoisotopic (exact) mass is 551 g/mol. The van der Waals surface area contributed by atoms with Crippen molar-refractivity contribution in [3.63, 3.8) is 0 Å². The van der Waals surface area contributed by atoms with E-state index in [1.54, 1.807) is 24.3 Å². The van der Waals surface area contributed by atoms with Gasteiger partial charge < -0.3 is 10.2 Å². The number of anilines is 1. The highest BCUT2D eigenvalue weighted by atomic mass is 79.9. The molecule has 34 heavy (non-hydrogen) atoms. The average molecular weight is 553 g/mol. The molecule has 0 unspecified atom stereocenters. The van der Waals surface area contributed by atoms with Crippen LogP contribution in [0.2, 0.25) is 0 Å². The number of carbonyl (C=O) groups is 2. The van der Waals surface area contributed by atoms with Gasteiger partial charge in [-0.3, -0.25) is 13.9 Å². The summed E-state index contributed by atoms with van der Waals surface area (Å²) in [6.07, 6.45) is 2.23. The Bertz CT molecular complexity index is 1090. The van der Waals surface area contributed by atoms with Gasteiger partial charge in [-0.15, -0.1) is 0 Å². The molecular weight excluding hydrogens is 518 g/mol. The van der Waals surface area contributed by atoms with Crippen molar-refractivity contribution in [2.75, 3.05) is 17.1 Å². The number of aryl methyl sites for hydroxylation is 1. The largest absolute Gasteiger partial charge is 0.352 e. The van der Waals surface area contributed by atoms with Gasteiger partial charge in [0.1, 0.15) is 12.6 Å². The zero-order valence-corrected chi connectivity index (χ0v) is 22.8. The number of halogens is 1. The first-order chi connectivity index (χ1) is 16.0. The molecule has 0 aromatic heterocycles. The van der Waals surface area contributed by atoms with Crippen LogP contribution >= 0.6 is 15.9 Å². The molecule has 9 heteroatoms. The zero-order valence-electron chi connectivity index (χ0n) is 20.4. The molecule has 2 rings (SSSR count). The van der Waals surface area contributed by atoms with E-state index in [0.29, 0.717) is 12.1 Å². The number of nitrogens with zero attached hydrogens (tertiary/aromatic N) is 2. The van der Waals surface area contributed by atoms with E-state index in [1.165, 1.54) is 4.90 Å². The number of hydrogen-bond acceptors (Lipinski definition) is 4. The van der Waals surface area contributed by atoms with Crippen LogP contribution in [-0.2, 0) is 26.2 Å². The Morgan fingerprint density at radius 1 is 1.03 bits per heavy atom. The minimum atomic E-state index is -3.75. The number of nitrogens with one attached hydrogen (secondary N) is 1. The maximum atomic E-state index is 13.6. The van der Waals surface area contributed by atoms with Crippen molar-refractivity contribution in [3.05, 3.63) is 64.1 Å². The van der Waals surface area contributed by atoms with Gasteiger partial charge in [-0.05, 0) is 62.1 Å². The van der Waals surface area contributed by atoms with E-state index in [2.05, 4.69) is 21.2 Å². The molecule has 7 nitrogen and oxygen atoms in total. The molecule has 0 aliphatic carbocycles. The highest BCUT2D eigenvalue weighted by molar-refractivity contribution is 9.10. The van der Waals surface area contributed by atoms with E-state index in [4.69, 9.17) is 0 Å². The van der Waals surface area contributed by atoms with Gasteiger partial charge in [-0.2, -0.15) is 0 Å². The Morgan fingerprint density at radius 3 is 2.18 bits per heavy atom. The SMILES string of the molecule is CC[C@@H](C)NC(=O)[C@@H](CC)N(Cc1ccccc1C)C(=O)CN(c1ccc(Br)cc1)S(C)(=O)=O. The van der Waals surface area contributed by atoms with E-state index >= 15 is 0 Å². The van der Waals surface area contributed by atoms with E-state index in [1.807, 2.05) is 52.0 Å². The lowest BCUT2D eigenvalue weighted by atomic mass is 10.1. The van der Waals surface area contributed by atoms with Gasteiger partial charge in [0.2, 0.25) is 21.8 Å². The molecule has 0 saturated heterocycles. The lowest BCUT2D eigenvalue weighted by Crippen LogP contribution is -2.53. The third-order valence-corrected chi connectivity index (χ3v) is 7.45. The minimum Gasteiger partial charge on any atom is -0.352 e. The van der Waals surface area contributed by atoms with Crippen LogP contribution in [0.5, 0.6) is 0 Å². The molecule has 2 aromatic carbocycles. The first-order valence-corrected chi connectivity index (χ1v) is 14.0. The van der Waals surface area contributed by atoms with Crippen LogP contribution in [0.3, 0.4) is 0 Å². The number of amides is 2. The van der Waals surface area contributed by atoms with Crippen molar-refractivity contribution >= 4 is 43.5 Å². The maximum absolute atomic E-state index is 13.6. The number of hydrogen-bond donors (Lipinski definition) is 1. The zero-order chi connectivity index (χ0) is 25.5. The molecule has 2 aromatic rings. The molecule has 2 amide bonds. The maximum Gasteiger partial charge on any atom is 0.244 e. The lowest BCUT2D eigenvalue weighted by molar-refractivity contribution is -0.140. The second-order valence-corrected chi connectivity index (χ2v) is 11.3. The van der Waals surface area contributed by atoms with Gasteiger partial charge >= 0.3 is 0 Å². The first kappa shape index (κ1) is 27.9. The third kappa shape index (κ3) is 7.56. The van der Waals surface area contributed by atoms with Gasteiger partial charge in [0.15, 0.2) is 0 Å². The Balaban J connectivity index is 2.44. The van der Waals surface area contributed by atoms with Gasteiger partial charge in [-0.25, -0.2) is 8.42 Å². The summed E-state index contributed by atoms with van der Waals surface area (Å²) in [5.74, 6) is -0.684. The summed E-state index contributed by atoms with van der Waals surface area (Å²) in [5.41, 5.74) is 2.28. The van der Waals surface area contributed by atoms with Gasteiger partial charge in [-0.1, -0.05) is 54.0 Å². The Labute approximate surface area is 211 Å². The summed E-state index contributed by atoms with van der Waals surface area (Å²) in [6.45, 7) is 7.49. The molecule has 1 N–H and O–H groups in total. The standard InChI is InChI=1S/C25H34BrN3O4S/c1-6-19(4)27-25(31)23(7-2)28(16-20-11-9-8-10-18(20)3)24(30)17-29(34(5,32)33)22-14-12-21(26)13-15-22/h8-15,19,23H,6-7,16-17H2,1-5H3,(H,27,31)/t19-,23-/m1/s1. The summed E-state index contributed by atoms with van der Waals surface area (Å²) in [6, 6.07) is 13.6. The Kier molecular flexibility index (Phi) is 10.1. The van der Waals surface area contributed by atoms with Crippen LogP contribution in [0.15, 0.2) is 53.0 Å². The molecule has 0 saturated carbocycles. The van der Waals surface area contributed by atoms with Crippen LogP contribution in [0.1, 0.15) is 44.7 Å². The van der Waals surface area contributed by atoms with Gasteiger partial charge in [0.25, 0.3) is 0 Å². The van der Waals surface area contributed by atoms with E-state index in [0.717, 1.165) is 32.6 Å². The van der Waals surface area contributed by atoms with Crippen molar-refractivity contribution in [1.82, 2.24) is 10.2 Å². The van der Waals surface area contributed by atoms with Crippen molar-refractivity contribution in [3.8, 4) is 0 Å². The molecule has 0 aliphatic rings. The lowest BCUT2D eigenvalue weighted by Gasteiger charge is -2.33. The predicted molar refractivity (Wildman–Crippen MR) is 140 cm³/mol. The molecule has 0 aliphatic heterocycles. The first-order valence-electron chi connectivity index (χ1n) is 11.4. The fraction of sp³-hybridized carbons (Fsp3) is 0.440. The number of sulfonamides is 1. The summed E-state index contributed by atoms with van der Waals surface area (Å²) in [4.78, 5) is 28.3. The molecule has 0 spiro atoms. The normalized spacial score (nSPS) is 13.1. The predicted octanol–water partition coefficient (Wildman–Crippen LogP) is 4.25. The van der Waals surface area contributed by atoms with Crippen LogP contribution in [0.25, 0.3) is 0 Å². The van der Waals surface area contributed by atoms with Gasteiger partial charge in [0, 0.05) is 17.1 Å². The summed E-state index contributed by atoms with van der Waals surface area (Å²) < 4.78 is 27.1. The van der Waals surface area contributed by atoms with E-state index < -0.39 is 28.5 Å². The molecule has 0 heterocycles. The van der Waals surface area contributed by atoms with E-state index in [9.17, 15) is 18.0 Å². The Hall–Kier alpha value is -2.39. The number of benzene rings is 2. The molecule has 0 radical (unpaired) electrons. The Morgan fingerprint density at radius 2 is 1.65 bits per heavy atom. The topological polar surface area (TPSA) is 86.8 Å². The van der Waals surface area contributed by atoms with Crippen LogP contribution < -0.4 is 9.62 Å². The summed E-state index contributed by atoms with van der Waals surface area (Å²) >= 11 is 3.35. The fourth-order valence-corrected chi connectivity index (χ4v) is 4.67. The second-order valence-electron chi connectivity index (χ2n) is 8.44. The second kappa shape index (κ2) is 12.4. The smallest absolute Gasteiger partial charge is 0.244 e. The molecule has 186 valence electrons. The average Bonchev–Trinajstić information content (AvgIpc) is 2.78. The van der Waals surface area contributed by atoms with Crippen molar-refractivity contribution < 1.29 is 18.0 Å². The van der Waals surface area contributed by atoms with Crippen LogP contribution in [0, 0.1) is 6.92 Å². The molecule has 0 bridgehead atoms. The van der Waals surface area contributed by atoms with Gasteiger partial charge in [0.05, 0.1) is 11.9 Å². The number of carbonyl (C=O) groups excluding carboxylic acids is 2. The molecular formula is C25H34BrN3O4S. The summed E-state index contributed by atoms with van der Waals surface area (Å²) in [5, 5.41) is 2.97. The fourth-order valence-electron chi connectivity index (χ4n) is 3.55. The van der Waals surface area contributed by atoms with Crippen molar-refractivity contribution in [2.45, 2.75) is 59.2 Å². The quantitative estimate of drug-likeness (QED) is 0.452. The number of rotatable bonds is 11. The molecule has 0 fully saturated rings. The van der Waals surface area contributed by atoms with Crippen LogP contribution in [-0.4, -0.2) is 50.0 Å². The highest BCUT2D eigenvalue weighted by Gasteiger charge is 2.32. The molecule has 2 atom stereocenters. The van der Waals surface area contributed by atoms with Crippen LogP contribution in [0.4, 0.5) is 5.69 Å². The van der Waals surface area contributed by atoms with Crippen molar-refractivity contribution in [1.29, 1.82) is 0 Å². The third-order valence-electron chi connectivity index (χ3n) is 5.78. The summed E-state index contributed by atoms with van der Waals surface area (Å²) in [7, 11) is -3.75. The minimum absolute atomic E-state index is 0.0350. The van der Waals surface area contributed by atoms with Crippen molar-refractivity contribution in [2.24, 2.45) is 0 Å². The van der Waals surface area contributed by atoms with E-state index in [-0.39, 0.29) is 18.5 Å².